The van der Waals surface area contributed by atoms with E-state index in [0.29, 0.717) is 6.42 Å². The fourth-order valence-corrected chi connectivity index (χ4v) is 2.50. The van der Waals surface area contributed by atoms with Gasteiger partial charge in [-0.1, -0.05) is 6.07 Å². The summed E-state index contributed by atoms with van der Waals surface area (Å²) in [6.45, 7) is -0.960. The number of carbonyl (C=O) groups excluding carboxylic acids is 1. The molecule has 2 N–H and O–H groups in total. The first-order valence-corrected chi connectivity index (χ1v) is 6.91. The van der Waals surface area contributed by atoms with E-state index in [2.05, 4.69) is 5.32 Å². The van der Waals surface area contributed by atoms with E-state index >= 15 is 0 Å². The lowest BCUT2D eigenvalue weighted by atomic mass is 10.2. The number of carbonyl (C=O) groups is 2. The van der Waals surface area contributed by atoms with Crippen molar-refractivity contribution in [2.75, 3.05) is 13.1 Å². The van der Waals surface area contributed by atoms with Crippen molar-refractivity contribution < 1.29 is 27.9 Å². The van der Waals surface area contributed by atoms with E-state index in [0.717, 1.165) is 4.88 Å². The van der Waals surface area contributed by atoms with Gasteiger partial charge in [0.25, 0.3) is 0 Å². The van der Waals surface area contributed by atoms with E-state index in [1.54, 1.807) is 6.92 Å². The van der Waals surface area contributed by atoms with Gasteiger partial charge < -0.3 is 15.3 Å². The van der Waals surface area contributed by atoms with Crippen molar-refractivity contribution in [2.45, 2.75) is 25.6 Å². The number of amides is 2. The number of carboxylic acids is 1. The monoisotopic (exact) mass is 324 g/mol. The average Bonchev–Trinajstić information content (AvgIpc) is 2.77. The second-order valence-corrected chi connectivity index (χ2v) is 5.53. The average molecular weight is 324 g/mol. The Hall–Kier alpha value is -1.77. The second-order valence-electron chi connectivity index (χ2n) is 4.50. The lowest BCUT2D eigenvalue weighted by Crippen LogP contribution is -2.49. The third-order valence-electron chi connectivity index (χ3n) is 2.44. The lowest BCUT2D eigenvalue weighted by Gasteiger charge is -2.24. The van der Waals surface area contributed by atoms with Crippen molar-refractivity contribution in [3.63, 3.8) is 0 Å². The van der Waals surface area contributed by atoms with Crippen LogP contribution in [0.25, 0.3) is 0 Å². The molecule has 1 rings (SSSR count). The van der Waals surface area contributed by atoms with Crippen LogP contribution < -0.4 is 5.32 Å². The third kappa shape index (κ3) is 6.98. The molecule has 1 aromatic rings. The van der Waals surface area contributed by atoms with Gasteiger partial charge in [0.15, 0.2) is 0 Å². The number of urea groups is 1. The number of carboxylic acid groups (broad SMARTS) is 1. The van der Waals surface area contributed by atoms with Crippen LogP contribution in [0.1, 0.15) is 11.8 Å². The highest BCUT2D eigenvalue weighted by Crippen LogP contribution is 2.17. The summed E-state index contributed by atoms with van der Waals surface area (Å²) < 4.78 is 37.0. The molecule has 0 saturated carbocycles. The first-order valence-electron chi connectivity index (χ1n) is 6.03. The molecule has 2 amide bonds. The summed E-state index contributed by atoms with van der Waals surface area (Å²) in [6, 6.07) is 2.23. The van der Waals surface area contributed by atoms with Crippen LogP contribution in [0.15, 0.2) is 17.5 Å². The topological polar surface area (TPSA) is 69.6 Å². The molecular formula is C12H15F3N2O3S. The minimum atomic E-state index is -4.65. The molecule has 9 heteroatoms. The number of halogens is 3. The first-order chi connectivity index (χ1) is 9.67. The molecule has 1 heterocycles. The Morgan fingerprint density at radius 3 is 2.62 bits per heavy atom. The van der Waals surface area contributed by atoms with E-state index in [4.69, 9.17) is 5.11 Å². The molecule has 0 spiro atoms. The summed E-state index contributed by atoms with van der Waals surface area (Å²) in [7, 11) is 0. The van der Waals surface area contributed by atoms with Gasteiger partial charge in [-0.15, -0.1) is 11.3 Å². The number of rotatable bonds is 6. The molecule has 0 saturated heterocycles. The van der Waals surface area contributed by atoms with Crippen molar-refractivity contribution in [3.05, 3.63) is 22.4 Å². The van der Waals surface area contributed by atoms with E-state index in [1.165, 1.54) is 11.3 Å². The summed E-state index contributed by atoms with van der Waals surface area (Å²) >= 11 is 1.47. The fraction of sp³-hybridized carbons (Fsp3) is 0.500. The second kappa shape index (κ2) is 7.30. The molecule has 21 heavy (non-hydrogen) atoms. The molecule has 0 aliphatic carbocycles. The lowest BCUT2D eigenvalue weighted by molar-refractivity contribution is -0.149. The Labute approximate surface area is 123 Å². The van der Waals surface area contributed by atoms with Crippen LogP contribution in [0.5, 0.6) is 0 Å². The molecule has 118 valence electrons. The SMILES string of the molecule is CC(Cc1cccs1)NC(=O)N(CC(=O)O)CC(F)(F)F. The number of hydrogen-bond donors (Lipinski definition) is 2. The van der Waals surface area contributed by atoms with Gasteiger partial charge >= 0.3 is 18.2 Å². The van der Waals surface area contributed by atoms with Crippen LogP contribution in [0, 0.1) is 0 Å². The predicted octanol–water partition coefficient (Wildman–Crippen LogP) is 2.34. The molecule has 0 aromatic carbocycles. The van der Waals surface area contributed by atoms with Crippen molar-refractivity contribution in [3.8, 4) is 0 Å². The number of hydrogen-bond acceptors (Lipinski definition) is 3. The Bertz CT molecular complexity index is 477. The van der Waals surface area contributed by atoms with Crippen LogP contribution in [0.4, 0.5) is 18.0 Å². The number of aliphatic carboxylic acids is 1. The summed E-state index contributed by atoms with van der Waals surface area (Å²) in [4.78, 5) is 23.5. The van der Waals surface area contributed by atoms with E-state index in [-0.39, 0.29) is 4.90 Å². The smallest absolute Gasteiger partial charge is 0.406 e. The summed E-state index contributed by atoms with van der Waals surface area (Å²) in [5.41, 5.74) is 0. The number of alkyl halides is 3. The molecule has 0 aliphatic rings. The Balaban J connectivity index is 2.60. The normalized spacial score (nSPS) is 12.8. The zero-order chi connectivity index (χ0) is 16.0. The molecule has 0 radical (unpaired) electrons. The van der Waals surface area contributed by atoms with Gasteiger partial charge in [0.1, 0.15) is 13.1 Å². The van der Waals surface area contributed by atoms with Gasteiger partial charge in [-0.3, -0.25) is 4.79 Å². The summed E-state index contributed by atoms with van der Waals surface area (Å²) in [5, 5.41) is 12.8. The van der Waals surface area contributed by atoms with Gasteiger partial charge in [0.2, 0.25) is 0 Å². The highest BCUT2D eigenvalue weighted by molar-refractivity contribution is 7.09. The summed E-state index contributed by atoms with van der Waals surface area (Å²) in [6.07, 6.45) is -4.18. The minimum absolute atomic E-state index is 0.229. The maximum absolute atomic E-state index is 12.3. The van der Waals surface area contributed by atoms with Crippen molar-refractivity contribution in [2.24, 2.45) is 0 Å². The zero-order valence-electron chi connectivity index (χ0n) is 11.2. The highest BCUT2D eigenvalue weighted by Gasteiger charge is 2.34. The van der Waals surface area contributed by atoms with E-state index in [1.807, 2.05) is 17.5 Å². The summed E-state index contributed by atoms with van der Waals surface area (Å²) in [5.74, 6) is -1.50. The van der Waals surface area contributed by atoms with E-state index in [9.17, 15) is 22.8 Å². The zero-order valence-corrected chi connectivity index (χ0v) is 12.0. The van der Waals surface area contributed by atoms with Crippen LogP contribution in [0.2, 0.25) is 0 Å². The predicted molar refractivity (Wildman–Crippen MR) is 71.3 cm³/mol. The molecule has 5 nitrogen and oxygen atoms in total. The molecule has 0 fully saturated rings. The molecule has 1 unspecified atom stereocenters. The van der Waals surface area contributed by atoms with Gasteiger partial charge in [-0.25, -0.2) is 4.79 Å². The molecular weight excluding hydrogens is 309 g/mol. The molecule has 1 atom stereocenters. The number of nitrogens with one attached hydrogen (secondary N) is 1. The number of nitrogens with zero attached hydrogens (tertiary/aromatic N) is 1. The van der Waals surface area contributed by atoms with Crippen LogP contribution in [0.3, 0.4) is 0 Å². The standard InChI is InChI=1S/C12H15F3N2O3S/c1-8(5-9-3-2-4-21-9)16-11(20)17(6-10(18)19)7-12(13,14)15/h2-4,8H,5-7H2,1H3,(H,16,20)(H,18,19). The fourth-order valence-electron chi connectivity index (χ4n) is 1.66. The van der Waals surface area contributed by atoms with E-state index < -0.39 is 37.3 Å². The van der Waals surface area contributed by atoms with Crippen molar-refractivity contribution in [1.82, 2.24) is 10.2 Å². The van der Waals surface area contributed by atoms with Crippen molar-refractivity contribution >= 4 is 23.3 Å². The maximum atomic E-state index is 12.3. The van der Waals surface area contributed by atoms with Gasteiger partial charge in [-0.05, 0) is 18.4 Å². The van der Waals surface area contributed by atoms with Crippen LogP contribution in [-0.4, -0.2) is 47.3 Å². The minimum Gasteiger partial charge on any atom is -0.480 e. The maximum Gasteiger partial charge on any atom is 0.406 e. The largest absolute Gasteiger partial charge is 0.480 e. The third-order valence-corrected chi connectivity index (χ3v) is 3.34. The Kier molecular flexibility index (Phi) is 6.01. The molecule has 0 aliphatic heterocycles. The number of thiophene rings is 1. The van der Waals surface area contributed by atoms with Gasteiger partial charge in [-0.2, -0.15) is 13.2 Å². The highest BCUT2D eigenvalue weighted by atomic mass is 32.1. The quantitative estimate of drug-likeness (QED) is 0.844. The van der Waals surface area contributed by atoms with Crippen LogP contribution >= 0.6 is 11.3 Å². The Morgan fingerprint density at radius 2 is 2.14 bits per heavy atom. The van der Waals surface area contributed by atoms with Gasteiger partial charge in [0.05, 0.1) is 0 Å². The first kappa shape index (κ1) is 17.3. The van der Waals surface area contributed by atoms with Crippen molar-refractivity contribution in [1.29, 1.82) is 0 Å². The molecule has 0 bridgehead atoms. The Morgan fingerprint density at radius 1 is 1.48 bits per heavy atom. The van der Waals surface area contributed by atoms with Gasteiger partial charge in [0, 0.05) is 17.3 Å². The molecule has 1 aromatic heterocycles. The van der Waals surface area contributed by atoms with Crippen LogP contribution in [-0.2, 0) is 11.2 Å².